The normalized spacial score (nSPS) is 10.3. The number of anilines is 2. The van der Waals surface area contributed by atoms with E-state index in [9.17, 15) is 24.6 Å². The molecule has 2 aromatic rings. The van der Waals surface area contributed by atoms with Crippen LogP contribution in [0.5, 0.6) is 0 Å². The molecule has 1 heterocycles. The minimum Gasteiger partial charge on any atom is -0.478 e. The zero-order valence-electron chi connectivity index (χ0n) is 12.5. The maximum absolute atomic E-state index is 11.9. The van der Waals surface area contributed by atoms with Crippen molar-refractivity contribution in [2.24, 2.45) is 0 Å². The van der Waals surface area contributed by atoms with E-state index < -0.39 is 28.6 Å². The van der Waals surface area contributed by atoms with Gasteiger partial charge in [0.15, 0.2) is 0 Å². The summed E-state index contributed by atoms with van der Waals surface area (Å²) in [6, 6.07) is 6.46. The third kappa shape index (κ3) is 2.86. The van der Waals surface area contributed by atoms with Crippen LogP contribution in [0.4, 0.5) is 11.5 Å². The number of hydrogen-bond acceptors (Lipinski definition) is 5. The summed E-state index contributed by atoms with van der Waals surface area (Å²) >= 11 is 0. The van der Waals surface area contributed by atoms with E-state index in [2.05, 4.69) is 4.98 Å². The lowest BCUT2D eigenvalue weighted by Gasteiger charge is -2.15. The molecular formula is C15H15N3O5. The first-order chi connectivity index (χ1) is 10.7. The molecule has 0 aliphatic heterocycles. The molecule has 0 amide bonds. The molecule has 0 unspecified atom stereocenters. The molecule has 1 aromatic carbocycles. The maximum Gasteiger partial charge on any atom is 0.342 e. The highest BCUT2D eigenvalue weighted by Gasteiger charge is 2.26. The van der Waals surface area contributed by atoms with Crippen LogP contribution < -0.4 is 16.2 Å². The summed E-state index contributed by atoms with van der Waals surface area (Å²) in [5, 5.41) is 18.6. The lowest BCUT2D eigenvalue weighted by Crippen LogP contribution is -2.24. The summed E-state index contributed by atoms with van der Waals surface area (Å²) < 4.78 is 0. The Morgan fingerprint density at radius 1 is 1.04 bits per heavy atom. The SMILES string of the molecule is CN(C)c1ccc(-c2c(C(=O)O)c(N)[nH]c(=O)c2C(=O)O)cc1. The van der Waals surface area contributed by atoms with E-state index in [1.807, 2.05) is 19.0 Å². The van der Waals surface area contributed by atoms with E-state index in [1.54, 1.807) is 24.3 Å². The molecule has 0 aliphatic rings. The highest BCUT2D eigenvalue weighted by molar-refractivity contribution is 6.07. The second kappa shape index (κ2) is 5.84. The van der Waals surface area contributed by atoms with E-state index in [-0.39, 0.29) is 16.9 Å². The number of aromatic amines is 1. The number of nitrogen functional groups attached to an aromatic ring is 1. The number of carboxylic acid groups (broad SMARTS) is 2. The standard InChI is InChI=1S/C15H15N3O5/c1-18(2)8-5-3-7(4-6-8)9-10(14(20)21)12(16)17-13(19)11(9)15(22)23/h3-6H,1-2H3,(H,20,21)(H,22,23)(H3,16,17,19). The Morgan fingerprint density at radius 3 is 2.00 bits per heavy atom. The summed E-state index contributed by atoms with van der Waals surface area (Å²) in [4.78, 5) is 38.7. The summed E-state index contributed by atoms with van der Waals surface area (Å²) in [5.74, 6) is -3.34. The average Bonchev–Trinajstić information content (AvgIpc) is 2.45. The number of nitrogens with zero attached hydrogens (tertiary/aromatic N) is 1. The van der Waals surface area contributed by atoms with Crippen molar-refractivity contribution >= 4 is 23.4 Å². The van der Waals surface area contributed by atoms with E-state index >= 15 is 0 Å². The van der Waals surface area contributed by atoms with Crippen molar-refractivity contribution in [2.75, 3.05) is 24.7 Å². The quantitative estimate of drug-likeness (QED) is 0.662. The van der Waals surface area contributed by atoms with Gasteiger partial charge in [-0.1, -0.05) is 12.1 Å². The zero-order chi connectivity index (χ0) is 17.3. The van der Waals surface area contributed by atoms with Crippen LogP contribution >= 0.6 is 0 Å². The van der Waals surface area contributed by atoms with Crippen molar-refractivity contribution in [3.63, 3.8) is 0 Å². The van der Waals surface area contributed by atoms with Gasteiger partial charge >= 0.3 is 11.9 Å². The van der Waals surface area contributed by atoms with Gasteiger partial charge in [0, 0.05) is 25.3 Å². The van der Waals surface area contributed by atoms with Crippen molar-refractivity contribution in [1.82, 2.24) is 4.98 Å². The van der Waals surface area contributed by atoms with Crippen molar-refractivity contribution in [3.05, 3.63) is 45.7 Å². The highest BCUT2D eigenvalue weighted by atomic mass is 16.4. The number of hydrogen-bond donors (Lipinski definition) is 4. The Labute approximate surface area is 130 Å². The van der Waals surface area contributed by atoms with Crippen LogP contribution in [-0.4, -0.2) is 41.2 Å². The maximum atomic E-state index is 11.9. The number of nitrogens with one attached hydrogen (secondary N) is 1. The second-order valence-corrected chi connectivity index (χ2v) is 5.04. The molecule has 0 spiro atoms. The Hall–Kier alpha value is -3.29. The fraction of sp³-hybridized carbons (Fsp3) is 0.133. The Bertz CT molecular complexity index is 837. The van der Waals surface area contributed by atoms with Gasteiger partial charge in [0.25, 0.3) is 5.56 Å². The number of aromatic nitrogens is 1. The zero-order valence-corrected chi connectivity index (χ0v) is 12.5. The number of carbonyl (C=O) groups is 2. The molecule has 5 N–H and O–H groups in total. The summed E-state index contributed by atoms with van der Waals surface area (Å²) in [6.07, 6.45) is 0. The lowest BCUT2D eigenvalue weighted by molar-refractivity contribution is 0.0695. The fourth-order valence-corrected chi connectivity index (χ4v) is 2.26. The smallest absolute Gasteiger partial charge is 0.342 e. The molecule has 0 bridgehead atoms. The largest absolute Gasteiger partial charge is 0.478 e. The van der Waals surface area contributed by atoms with E-state index in [1.165, 1.54) is 0 Å². The minimum atomic E-state index is -1.53. The van der Waals surface area contributed by atoms with Crippen LogP contribution in [-0.2, 0) is 0 Å². The summed E-state index contributed by atoms with van der Waals surface area (Å²) in [7, 11) is 3.65. The molecule has 120 valence electrons. The summed E-state index contributed by atoms with van der Waals surface area (Å²) in [5.41, 5.74) is 4.42. The van der Waals surface area contributed by atoms with Crippen LogP contribution in [0.2, 0.25) is 0 Å². The van der Waals surface area contributed by atoms with Crippen molar-refractivity contribution in [3.8, 4) is 11.1 Å². The van der Waals surface area contributed by atoms with Crippen LogP contribution in [0, 0.1) is 0 Å². The third-order valence-electron chi connectivity index (χ3n) is 3.34. The first kappa shape index (κ1) is 16.1. The van der Waals surface area contributed by atoms with Gasteiger partial charge in [-0.2, -0.15) is 0 Å². The monoisotopic (exact) mass is 317 g/mol. The molecule has 0 fully saturated rings. The second-order valence-electron chi connectivity index (χ2n) is 5.04. The van der Waals surface area contributed by atoms with Crippen LogP contribution in [0.1, 0.15) is 20.7 Å². The fourth-order valence-electron chi connectivity index (χ4n) is 2.26. The van der Waals surface area contributed by atoms with Gasteiger partial charge in [-0.15, -0.1) is 0 Å². The number of H-pyrrole nitrogens is 1. The van der Waals surface area contributed by atoms with E-state index in [4.69, 9.17) is 5.73 Å². The molecule has 0 saturated heterocycles. The van der Waals surface area contributed by atoms with Gasteiger partial charge in [0.05, 0.1) is 0 Å². The number of rotatable bonds is 4. The molecule has 2 rings (SSSR count). The van der Waals surface area contributed by atoms with Crippen LogP contribution in [0.15, 0.2) is 29.1 Å². The first-order valence-corrected chi connectivity index (χ1v) is 6.54. The first-order valence-electron chi connectivity index (χ1n) is 6.54. The van der Waals surface area contributed by atoms with Gasteiger partial charge in [-0.3, -0.25) is 4.79 Å². The molecule has 0 saturated carbocycles. The number of aromatic carboxylic acids is 2. The predicted molar refractivity (Wildman–Crippen MR) is 85.2 cm³/mol. The van der Waals surface area contributed by atoms with Crippen molar-refractivity contribution in [1.29, 1.82) is 0 Å². The molecule has 23 heavy (non-hydrogen) atoms. The highest BCUT2D eigenvalue weighted by Crippen LogP contribution is 2.30. The van der Waals surface area contributed by atoms with Crippen molar-refractivity contribution in [2.45, 2.75) is 0 Å². The molecule has 0 aliphatic carbocycles. The van der Waals surface area contributed by atoms with Crippen LogP contribution in [0.25, 0.3) is 11.1 Å². The topological polar surface area (TPSA) is 137 Å². The number of benzene rings is 1. The third-order valence-corrected chi connectivity index (χ3v) is 3.34. The molecule has 0 atom stereocenters. The minimum absolute atomic E-state index is 0.212. The Morgan fingerprint density at radius 2 is 1.57 bits per heavy atom. The Kier molecular flexibility index (Phi) is 4.08. The van der Waals surface area contributed by atoms with Gasteiger partial charge in [-0.05, 0) is 17.7 Å². The Balaban J connectivity index is 2.85. The summed E-state index contributed by atoms with van der Waals surface area (Å²) in [6.45, 7) is 0. The van der Waals surface area contributed by atoms with Crippen LogP contribution in [0.3, 0.4) is 0 Å². The van der Waals surface area contributed by atoms with Gasteiger partial charge < -0.3 is 25.8 Å². The van der Waals surface area contributed by atoms with E-state index in [0.29, 0.717) is 0 Å². The molecule has 8 heteroatoms. The average molecular weight is 317 g/mol. The van der Waals surface area contributed by atoms with Crippen molar-refractivity contribution < 1.29 is 19.8 Å². The van der Waals surface area contributed by atoms with Gasteiger partial charge in [0.1, 0.15) is 16.9 Å². The number of carboxylic acids is 2. The predicted octanol–water partition coefficient (Wildman–Crippen LogP) is 1.09. The molecule has 8 nitrogen and oxygen atoms in total. The molecule has 1 aromatic heterocycles. The number of pyridine rings is 1. The number of nitrogens with two attached hydrogens (primary N) is 1. The van der Waals surface area contributed by atoms with Gasteiger partial charge in [0.2, 0.25) is 0 Å². The van der Waals surface area contributed by atoms with Gasteiger partial charge in [-0.25, -0.2) is 9.59 Å². The van der Waals surface area contributed by atoms with E-state index in [0.717, 1.165) is 5.69 Å². The lowest BCUT2D eigenvalue weighted by atomic mass is 9.95. The molecule has 0 radical (unpaired) electrons. The molecular weight excluding hydrogens is 302 g/mol.